The zero-order valence-corrected chi connectivity index (χ0v) is 15.5. The molecule has 2 amide bonds. The zero-order chi connectivity index (χ0) is 19.0. The fourth-order valence-corrected chi connectivity index (χ4v) is 3.81. The number of fused-ring (bicyclic) bond motifs is 2. The maximum Gasteiger partial charge on any atom is 0.322 e. The molecule has 0 aliphatic carbocycles. The first-order valence-electron chi connectivity index (χ1n) is 9.21. The number of rotatable bonds is 3. The fourth-order valence-electron chi connectivity index (χ4n) is 3.81. The Kier molecular flexibility index (Phi) is 4.52. The second-order valence-electron chi connectivity index (χ2n) is 7.35. The Hall–Kier alpha value is -2.60. The van der Waals surface area contributed by atoms with Crippen molar-refractivity contribution >= 4 is 11.7 Å². The second kappa shape index (κ2) is 6.85. The summed E-state index contributed by atoms with van der Waals surface area (Å²) < 4.78 is 25.8. The van der Waals surface area contributed by atoms with E-state index < -0.39 is 11.4 Å². The zero-order valence-electron chi connectivity index (χ0n) is 15.5. The number of nitrogens with one attached hydrogen (secondary N) is 1. The number of halogens is 1. The SMILES string of the molecule is CC(C)Oc1ccc(NC(=O)N2CCC3(C2)OCc2ccccc23)c(F)c1. The van der Waals surface area contributed by atoms with Crippen LogP contribution in [0.3, 0.4) is 0 Å². The van der Waals surface area contributed by atoms with E-state index in [0.717, 1.165) is 12.0 Å². The molecule has 1 N–H and O–H groups in total. The predicted molar refractivity (Wildman–Crippen MR) is 100 cm³/mol. The quantitative estimate of drug-likeness (QED) is 0.878. The third-order valence-electron chi connectivity index (χ3n) is 5.09. The maximum atomic E-state index is 14.3. The number of likely N-dealkylation sites (tertiary alicyclic amines) is 1. The molecule has 6 heteroatoms. The Balaban J connectivity index is 1.45. The molecule has 0 saturated carbocycles. The first-order valence-corrected chi connectivity index (χ1v) is 9.21. The summed E-state index contributed by atoms with van der Waals surface area (Å²) in [7, 11) is 0. The molecule has 1 unspecified atom stereocenters. The van der Waals surface area contributed by atoms with Gasteiger partial charge in [-0.2, -0.15) is 0 Å². The molecular formula is C21H23FN2O3. The van der Waals surface area contributed by atoms with Crippen LogP contribution >= 0.6 is 0 Å². The van der Waals surface area contributed by atoms with Crippen molar-refractivity contribution in [3.63, 3.8) is 0 Å². The molecule has 4 rings (SSSR count). The second-order valence-corrected chi connectivity index (χ2v) is 7.35. The van der Waals surface area contributed by atoms with Gasteiger partial charge in [0.05, 0.1) is 24.9 Å². The van der Waals surface area contributed by atoms with E-state index >= 15 is 0 Å². The van der Waals surface area contributed by atoms with Gasteiger partial charge in [0.15, 0.2) is 0 Å². The molecular weight excluding hydrogens is 347 g/mol. The number of urea groups is 1. The smallest absolute Gasteiger partial charge is 0.322 e. The molecule has 2 heterocycles. The van der Waals surface area contributed by atoms with Crippen LogP contribution in [0.25, 0.3) is 0 Å². The highest BCUT2D eigenvalue weighted by molar-refractivity contribution is 5.89. The predicted octanol–water partition coefficient (Wildman–Crippen LogP) is 4.28. The number of carbonyl (C=O) groups is 1. The molecule has 1 saturated heterocycles. The average Bonchev–Trinajstić information content (AvgIpc) is 3.23. The summed E-state index contributed by atoms with van der Waals surface area (Å²) in [4.78, 5) is 14.3. The van der Waals surface area contributed by atoms with Crippen molar-refractivity contribution in [2.24, 2.45) is 0 Å². The maximum absolute atomic E-state index is 14.3. The highest BCUT2D eigenvalue weighted by atomic mass is 19.1. The van der Waals surface area contributed by atoms with Crippen LogP contribution in [-0.4, -0.2) is 30.1 Å². The molecule has 5 nitrogen and oxygen atoms in total. The molecule has 1 fully saturated rings. The minimum atomic E-state index is -0.516. The standard InChI is InChI=1S/C21H23FN2O3/c1-14(2)27-16-7-8-19(18(22)11-16)23-20(25)24-10-9-21(13-24)17-6-4-3-5-15(17)12-26-21/h3-8,11,14H,9-10,12-13H2,1-2H3,(H,23,25). The molecule has 2 aliphatic heterocycles. The van der Waals surface area contributed by atoms with Crippen molar-refractivity contribution in [1.82, 2.24) is 4.90 Å². The molecule has 1 atom stereocenters. The van der Waals surface area contributed by atoms with E-state index in [0.29, 0.717) is 25.4 Å². The van der Waals surface area contributed by atoms with Crippen LogP contribution in [0.4, 0.5) is 14.9 Å². The van der Waals surface area contributed by atoms with Crippen molar-refractivity contribution in [2.45, 2.75) is 38.6 Å². The Morgan fingerprint density at radius 3 is 2.89 bits per heavy atom. The lowest BCUT2D eigenvalue weighted by molar-refractivity contribution is -0.0269. The van der Waals surface area contributed by atoms with Gasteiger partial charge in [0.2, 0.25) is 0 Å². The van der Waals surface area contributed by atoms with E-state index in [2.05, 4.69) is 17.4 Å². The number of amides is 2. The third-order valence-corrected chi connectivity index (χ3v) is 5.09. The van der Waals surface area contributed by atoms with Gasteiger partial charge in [0.25, 0.3) is 0 Å². The van der Waals surface area contributed by atoms with Gasteiger partial charge in [-0.3, -0.25) is 0 Å². The number of ether oxygens (including phenoxy) is 2. The Morgan fingerprint density at radius 1 is 1.30 bits per heavy atom. The molecule has 0 aromatic heterocycles. The molecule has 2 aliphatic rings. The monoisotopic (exact) mass is 370 g/mol. The number of benzene rings is 2. The van der Waals surface area contributed by atoms with Crippen molar-refractivity contribution in [3.05, 3.63) is 59.4 Å². The van der Waals surface area contributed by atoms with E-state index in [1.54, 1.807) is 11.0 Å². The van der Waals surface area contributed by atoms with Gasteiger partial charge in [-0.05, 0) is 37.1 Å². The van der Waals surface area contributed by atoms with Gasteiger partial charge in [0, 0.05) is 19.0 Å². The summed E-state index contributed by atoms with van der Waals surface area (Å²) >= 11 is 0. The van der Waals surface area contributed by atoms with Crippen LogP contribution < -0.4 is 10.1 Å². The lowest BCUT2D eigenvalue weighted by Crippen LogP contribution is -2.37. The first-order chi connectivity index (χ1) is 13.0. The Bertz CT molecular complexity index is 870. The minimum Gasteiger partial charge on any atom is -0.491 e. The number of nitrogens with zero attached hydrogens (tertiary/aromatic N) is 1. The van der Waals surface area contributed by atoms with Gasteiger partial charge in [-0.15, -0.1) is 0 Å². The van der Waals surface area contributed by atoms with E-state index in [1.807, 2.05) is 26.0 Å². The number of anilines is 1. The molecule has 2 aromatic carbocycles. The Morgan fingerprint density at radius 2 is 2.11 bits per heavy atom. The highest BCUT2D eigenvalue weighted by Crippen LogP contribution is 2.43. The third kappa shape index (κ3) is 3.37. The van der Waals surface area contributed by atoms with E-state index in [9.17, 15) is 9.18 Å². The summed E-state index contributed by atoms with van der Waals surface area (Å²) in [5.74, 6) is -0.0746. The van der Waals surface area contributed by atoms with Gasteiger partial charge in [-0.1, -0.05) is 24.3 Å². The summed E-state index contributed by atoms with van der Waals surface area (Å²) in [6.45, 7) is 5.35. The van der Waals surface area contributed by atoms with Gasteiger partial charge < -0.3 is 19.7 Å². The molecule has 0 radical (unpaired) electrons. The first kappa shape index (κ1) is 17.8. The van der Waals surface area contributed by atoms with Crippen LogP contribution in [-0.2, 0) is 16.9 Å². The normalized spacial score (nSPS) is 21.0. The number of hydrogen-bond acceptors (Lipinski definition) is 3. The highest BCUT2D eigenvalue weighted by Gasteiger charge is 2.46. The molecule has 2 aromatic rings. The van der Waals surface area contributed by atoms with Crippen molar-refractivity contribution in [3.8, 4) is 5.75 Å². The molecule has 142 valence electrons. The van der Waals surface area contributed by atoms with E-state index in [4.69, 9.17) is 9.47 Å². The molecule has 27 heavy (non-hydrogen) atoms. The number of carbonyl (C=O) groups excluding carboxylic acids is 1. The molecule has 1 spiro atoms. The average molecular weight is 370 g/mol. The summed E-state index contributed by atoms with van der Waals surface area (Å²) in [6, 6.07) is 12.3. The lowest BCUT2D eigenvalue weighted by atomic mass is 9.92. The van der Waals surface area contributed by atoms with E-state index in [1.165, 1.54) is 17.7 Å². The van der Waals surface area contributed by atoms with Crippen LogP contribution in [0, 0.1) is 5.82 Å². The van der Waals surface area contributed by atoms with Crippen LogP contribution in [0.1, 0.15) is 31.4 Å². The van der Waals surface area contributed by atoms with E-state index in [-0.39, 0.29) is 17.8 Å². The van der Waals surface area contributed by atoms with Crippen molar-refractivity contribution in [2.75, 3.05) is 18.4 Å². The van der Waals surface area contributed by atoms with Gasteiger partial charge in [0.1, 0.15) is 17.2 Å². The van der Waals surface area contributed by atoms with Crippen LogP contribution in [0.2, 0.25) is 0 Å². The van der Waals surface area contributed by atoms with Gasteiger partial charge >= 0.3 is 6.03 Å². The van der Waals surface area contributed by atoms with Gasteiger partial charge in [-0.25, -0.2) is 9.18 Å². The van der Waals surface area contributed by atoms with Crippen molar-refractivity contribution in [1.29, 1.82) is 0 Å². The largest absolute Gasteiger partial charge is 0.491 e. The summed E-state index contributed by atoms with van der Waals surface area (Å²) in [5, 5.41) is 2.66. The Labute approximate surface area is 158 Å². The number of hydrogen-bond donors (Lipinski definition) is 1. The summed E-state index contributed by atoms with van der Waals surface area (Å²) in [6.07, 6.45) is 0.695. The minimum absolute atomic E-state index is 0.0417. The molecule has 0 bridgehead atoms. The van der Waals surface area contributed by atoms with Crippen LogP contribution in [0.15, 0.2) is 42.5 Å². The topological polar surface area (TPSA) is 50.8 Å². The van der Waals surface area contributed by atoms with Crippen molar-refractivity contribution < 1.29 is 18.7 Å². The fraction of sp³-hybridized carbons (Fsp3) is 0.381. The lowest BCUT2D eigenvalue weighted by Gasteiger charge is -2.25. The van der Waals surface area contributed by atoms with Crippen LogP contribution in [0.5, 0.6) is 5.75 Å². The summed E-state index contributed by atoms with van der Waals surface area (Å²) in [5.41, 5.74) is 2.03.